The van der Waals surface area contributed by atoms with E-state index in [-0.39, 0.29) is 16.6 Å². The lowest BCUT2D eigenvalue weighted by Gasteiger charge is -2.14. The molecule has 0 fully saturated rings. The van der Waals surface area contributed by atoms with Crippen molar-refractivity contribution >= 4 is 34.2 Å². The molecule has 160 valence electrons. The number of hydrogen-bond donors (Lipinski definition) is 0. The van der Waals surface area contributed by atoms with Crippen LogP contribution in [0.1, 0.15) is 47.3 Å². The molecular formula is C24H26N4O2S. The van der Waals surface area contributed by atoms with E-state index in [2.05, 4.69) is 23.2 Å². The fraction of sp³-hybridized carbons (Fsp3) is 0.333. The van der Waals surface area contributed by atoms with Gasteiger partial charge in [-0.25, -0.2) is 0 Å². The number of nitrogens with zero attached hydrogens (tertiary/aromatic N) is 4. The summed E-state index contributed by atoms with van der Waals surface area (Å²) in [7, 11) is 0. The molecule has 6 nitrogen and oxygen atoms in total. The number of aryl methyl sites for hydroxylation is 4. The first-order chi connectivity index (χ1) is 14.8. The molecule has 0 spiro atoms. The number of rotatable bonds is 6. The number of ketones is 1. The van der Waals surface area contributed by atoms with Crippen molar-refractivity contribution in [1.29, 1.82) is 0 Å². The van der Waals surface area contributed by atoms with E-state index < -0.39 is 0 Å². The van der Waals surface area contributed by atoms with Crippen LogP contribution in [0.5, 0.6) is 0 Å². The Morgan fingerprint density at radius 1 is 1.06 bits per heavy atom. The molecule has 2 aromatic heterocycles. The highest BCUT2D eigenvalue weighted by Crippen LogP contribution is 2.28. The molecule has 1 unspecified atom stereocenters. The highest BCUT2D eigenvalue weighted by Gasteiger charge is 2.23. The van der Waals surface area contributed by atoms with Crippen LogP contribution in [-0.4, -0.2) is 30.2 Å². The van der Waals surface area contributed by atoms with Crippen molar-refractivity contribution in [2.75, 3.05) is 0 Å². The summed E-state index contributed by atoms with van der Waals surface area (Å²) in [5.74, 6) is 0.573. The predicted octanol–water partition coefficient (Wildman–Crippen LogP) is 4.74. The molecule has 4 rings (SSSR count). The van der Waals surface area contributed by atoms with E-state index in [1.807, 2.05) is 62.4 Å². The van der Waals surface area contributed by atoms with Gasteiger partial charge in [0.2, 0.25) is 5.78 Å². The standard InChI is InChI=1S/C24H26N4O2S/c1-6-11-27-22(30)18-9-7-8-10-20(18)28-23(27)25-26-24(28)31-17(5)21(29)19-13-15(3)14(2)12-16(19)4/h7-10,12-13,17H,6,11H2,1-5H3. The van der Waals surface area contributed by atoms with Gasteiger partial charge in [0.25, 0.3) is 5.56 Å². The van der Waals surface area contributed by atoms with Gasteiger partial charge < -0.3 is 0 Å². The molecule has 0 aliphatic heterocycles. The van der Waals surface area contributed by atoms with Crippen LogP contribution in [0.2, 0.25) is 0 Å². The largest absolute Gasteiger partial charge is 0.293 e. The molecule has 0 N–H and O–H groups in total. The van der Waals surface area contributed by atoms with Gasteiger partial charge in [-0.05, 0) is 69.0 Å². The second-order valence-corrected chi connectivity index (χ2v) is 9.28. The first kappa shape index (κ1) is 21.3. The van der Waals surface area contributed by atoms with E-state index in [0.29, 0.717) is 22.9 Å². The van der Waals surface area contributed by atoms with Crippen LogP contribution in [0.15, 0.2) is 46.3 Å². The van der Waals surface area contributed by atoms with E-state index in [4.69, 9.17) is 0 Å². The van der Waals surface area contributed by atoms with Crippen molar-refractivity contribution in [3.05, 3.63) is 69.0 Å². The average Bonchev–Trinajstić information content (AvgIpc) is 3.16. The van der Waals surface area contributed by atoms with E-state index in [9.17, 15) is 9.59 Å². The molecule has 0 amide bonds. The molecule has 2 aromatic carbocycles. The molecule has 0 aliphatic rings. The Balaban J connectivity index is 1.80. The molecule has 0 radical (unpaired) electrons. The van der Waals surface area contributed by atoms with Gasteiger partial charge in [0.05, 0.1) is 16.2 Å². The van der Waals surface area contributed by atoms with Crippen molar-refractivity contribution < 1.29 is 4.79 Å². The number of fused-ring (bicyclic) bond motifs is 3. The van der Waals surface area contributed by atoms with Gasteiger partial charge in [0, 0.05) is 12.1 Å². The molecule has 0 saturated carbocycles. The van der Waals surface area contributed by atoms with Gasteiger partial charge in [0.1, 0.15) is 0 Å². The molecule has 0 bridgehead atoms. The van der Waals surface area contributed by atoms with Gasteiger partial charge in [-0.1, -0.05) is 36.9 Å². The smallest absolute Gasteiger partial charge is 0.262 e. The molecular weight excluding hydrogens is 408 g/mol. The first-order valence-corrected chi connectivity index (χ1v) is 11.4. The third kappa shape index (κ3) is 3.67. The van der Waals surface area contributed by atoms with Crippen molar-refractivity contribution in [3.63, 3.8) is 0 Å². The second-order valence-electron chi connectivity index (χ2n) is 7.97. The summed E-state index contributed by atoms with van der Waals surface area (Å²) in [5.41, 5.74) is 4.69. The zero-order valence-electron chi connectivity index (χ0n) is 18.5. The molecule has 7 heteroatoms. The van der Waals surface area contributed by atoms with E-state index in [1.165, 1.54) is 17.3 Å². The second kappa shape index (κ2) is 8.30. The molecule has 31 heavy (non-hydrogen) atoms. The third-order valence-corrected chi connectivity index (χ3v) is 6.73. The lowest BCUT2D eigenvalue weighted by atomic mass is 9.97. The van der Waals surface area contributed by atoms with Crippen LogP contribution < -0.4 is 5.56 Å². The molecule has 1 atom stereocenters. The fourth-order valence-electron chi connectivity index (χ4n) is 3.89. The fourth-order valence-corrected chi connectivity index (χ4v) is 4.82. The number of carbonyl (C=O) groups excluding carboxylic acids is 1. The number of benzene rings is 2. The quantitative estimate of drug-likeness (QED) is 0.324. The summed E-state index contributed by atoms with van der Waals surface area (Å²) in [6, 6.07) is 11.5. The average molecular weight is 435 g/mol. The van der Waals surface area contributed by atoms with Gasteiger partial charge in [-0.15, -0.1) is 10.2 Å². The van der Waals surface area contributed by atoms with Gasteiger partial charge in [-0.3, -0.25) is 18.6 Å². The number of aromatic nitrogens is 4. The van der Waals surface area contributed by atoms with Gasteiger partial charge in [0.15, 0.2) is 10.9 Å². The normalized spacial score (nSPS) is 12.5. The Hall–Kier alpha value is -2.93. The molecule has 2 heterocycles. The lowest BCUT2D eigenvalue weighted by Crippen LogP contribution is -2.23. The van der Waals surface area contributed by atoms with Crippen molar-refractivity contribution in [3.8, 4) is 0 Å². The monoisotopic (exact) mass is 434 g/mol. The summed E-state index contributed by atoms with van der Waals surface area (Å²) in [4.78, 5) is 26.2. The summed E-state index contributed by atoms with van der Waals surface area (Å²) in [6.45, 7) is 10.5. The summed E-state index contributed by atoms with van der Waals surface area (Å²) >= 11 is 1.37. The Morgan fingerprint density at radius 2 is 1.77 bits per heavy atom. The van der Waals surface area contributed by atoms with Crippen LogP contribution in [0.3, 0.4) is 0 Å². The Morgan fingerprint density at radius 3 is 2.52 bits per heavy atom. The summed E-state index contributed by atoms with van der Waals surface area (Å²) in [6.07, 6.45) is 0.810. The van der Waals surface area contributed by atoms with Crippen LogP contribution in [0.4, 0.5) is 0 Å². The number of thioether (sulfide) groups is 1. The van der Waals surface area contributed by atoms with E-state index in [1.54, 1.807) is 4.57 Å². The molecule has 4 aromatic rings. The van der Waals surface area contributed by atoms with Crippen LogP contribution in [0, 0.1) is 20.8 Å². The maximum absolute atomic E-state index is 13.2. The number of Topliss-reactive ketones (excluding diaryl/α,β-unsaturated/α-hetero) is 1. The zero-order chi connectivity index (χ0) is 22.3. The minimum atomic E-state index is -0.349. The van der Waals surface area contributed by atoms with Gasteiger partial charge >= 0.3 is 0 Å². The highest BCUT2D eigenvalue weighted by molar-refractivity contribution is 8.00. The van der Waals surface area contributed by atoms with Crippen molar-refractivity contribution in [2.45, 2.75) is 58.0 Å². The van der Waals surface area contributed by atoms with Crippen LogP contribution in [-0.2, 0) is 6.54 Å². The van der Waals surface area contributed by atoms with Crippen LogP contribution >= 0.6 is 11.8 Å². The zero-order valence-corrected chi connectivity index (χ0v) is 19.3. The highest BCUT2D eigenvalue weighted by atomic mass is 32.2. The van der Waals surface area contributed by atoms with Crippen LogP contribution in [0.25, 0.3) is 16.7 Å². The first-order valence-electron chi connectivity index (χ1n) is 10.5. The lowest BCUT2D eigenvalue weighted by molar-refractivity contribution is 0.0993. The van der Waals surface area contributed by atoms with Crippen molar-refractivity contribution in [1.82, 2.24) is 19.2 Å². The number of carbonyl (C=O) groups is 1. The minimum Gasteiger partial charge on any atom is -0.293 e. The Kier molecular flexibility index (Phi) is 5.71. The van der Waals surface area contributed by atoms with E-state index >= 15 is 0 Å². The maximum atomic E-state index is 13.2. The summed E-state index contributed by atoms with van der Waals surface area (Å²) in [5, 5.41) is 9.56. The number of hydrogen-bond acceptors (Lipinski definition) is 5. The molecule has 0 aliphatic carbocycles. The third-order valence-electron chi connectivity index (χ3n) is 5.68. The summed E-state index contributed by atoms with van der Waals surface area (Å²) < 4.78 is 3.56. The number of para-hydroxylation sites is 1. The van der Waals surface area contributed by atoms with E-state index in [0.717, 1.165) is 28.6 Å². The van der Waals surface area contributed by atoms with Crippen molar-refractivity contribution in [2.24, 2.45) is 0 Å². The predicted molar refractivity (Wildman–Crippen MR) is 125 cm³/mol. The SMILES string of the molecule is CCCn1c(=O)c2ccccc2n2c(SC(C)C(=O)c3cc(C)c(C)cc3C)nnc12. The Labute approximate surface area is 185 Å². The maximum Gasteiger partial charge on any atom is 0.262 e. The minimum absolute atomic E-state index is 0.0635. The Bertz CT molecular complexity index is 1370. The molecule has 0 saturated heterocycles. The van der Waals surface area contributed by atoms with Gasteiger partial charge in [-0.2, -0.15) is 0 Å². The topological polar surface area (TPSA) is 69.3 Å².